The Morgan fingerprint density at radius 2 is 1.68 bits per heavy atom. The number of aliphatic hydroxyl groups is 1. The summed E-state index contributed by atoms with van der Waals surface area (Å²) in [5.74, 6) is -1.39. The average Bonchev–Trinajstić information content (AvgIpc) is 2.77. The third-order valence-corrected chi connectivity index (χ3v) is 6.10. The molecule has 0 aliphatic heterocycles. The number of nitrogens with one attached hydrogen (secondary N) is 1. The number of pyridine rings is 1. The smallest absolute Gasteiger partial charge is 0.335 e. The number of aromatic nitrogens is 1. The van der Waals surface area contributed by atoms with Gasteiger partial charge in [-0.1, -0.05) is 26.0 Å². The largest absolute Gasteiger partial charge is 0.478 e. The molecule has 1 heterocycles. The lowest BCUT2D eigenvalue weighted by molar-refractivity contribution is 0.0493. The summed E-state index contributed by atoms with van der Waals surface area (Å²) in [5.41, 5.74) is 2.25. The van der Waals surface area contributed by atoms with Gasteiger partial charge in [-0.25, -0.2) is 4.79 Å². The third kappa shape index (κ3) is 3.82. The molecule has 1 aliphatic rings. The normalized spacial score (nSPS) is 19.3. The van der Waals surface area contributed by atoms with Crippen molar-refractivity contribution in [3.8, 4) is 0 Å². The average molecular weight is 416 g/mol. The second kappa shape index (κ2) is 7.63. The molecule has 158 valence electrons. The van der Waals surface area contributed by atoms with E-state index >= 15 is 0 Å². The van der Waals surface area contributed by atoms with Crippen molar-refractivity contribution < 1.29 is 19.8 Å². The maximum atomic E-state index is 12.7. The SMILES string of the molecule is CC1(C)CCC(O)(c2cccnc2)c2cc(NC(=O)c3ccc(C(=O)O)cc3)ccc21. The van der Waals surface area contributed by atoms with E-state index in [1.807, 2.05) is 24.3 Å². The van der Waals surface area contributed by atoms with Gasteiger partial charge in [0.25, 0.3) is 5.91 Å². The van der Waals surface area contributed by atoms with Crippen molar-refractivity contribution in [2.45, 2.75) is 37.7 Å². The molecule has 0 saturated heterocycles. The second-order valence-corrected chi connectivity index (χ2v) is 8.58. The van der Waals surface area contributed by atoms with Crippen LogP contribution in [0.25, 0.3) is 0 Å². The molecule has 4 rings (SSSR count). The van der Waals surface area contributed by atoms with Crippen LogP contribution in [-0.4, -0.2) is 27.1 Å². The zero-order valence-electron chi connectivity index (χ0n) is 17.4. The number of fused-ring (bicyclic) bond motifs is 1. The number of carboxylic acids is 1. The topological polar surface area (TPSA) is 99.5 Å². The lowest BCUT2D eigenvalue weighted by Gasteiger charge is -2.42. The van der Waals surface area contributed by atoms with Gasteiger partial charge < -0.3 is 15.5 Å². The van der Waals surface area contributed by atoms with Crippen LogP contribution in [0.3, 0.4) is 0 Å². The fourth-order valence-electron chi connectivity index (χ4n) is 4.19. The van der Waals surface area contributed by atoms with Crippen LogP contribution in [0.1, 0.15) is 64.1 Å². The van der Waals surface area contributed by atoms with E-state index in [9.17, 15) is 14.7 Å². The molecule has 3 aromatic rings. The highest BCUT2D eigenvalue weighted by molar-refractivity contribution is 6.04. The van der Waals surface area contributed by atoms with E-state index in [0.29, 0.717) is 17.7 Å². The fraction of sp³-hybridized carbons (Fsp3) is 0.240. The maximum absolute atomic E-state index is 12.7. The number of hydrogen-bond acceptors (Lipinski definition) is 4. The first kappa shape index (κ1) is 20.8. The number of carbonyl (C=O) groups excluding carboxylic acids is 1. The predicted octanol–water partition coefficient (Wildman–Crippen LogP) is 4.34. The van der Waals surface area contributed by atoms with Crippen LogP contribution in [0.2, 0.25) is 0 Å². The van der Waals surface area contributed by atoms with Crippen molar-refractivity contribution >= 4 is 17.6 Å². The van der Waals surface area contributed by atoms with Gasteiger partial charge in [0.05, 0.1) is 5.56 Å². The highest BCUT2D eigenvalue weighted by Crippen LogP contribution is 2.48. The summed E-state index contributed by atoms with van der Waals surface area (Å²) in [6.07, 6.45) is 4.71. The third-order valence-electron chi connectivity index (χ3n) is 6.10. The Balaban J connectivity index is 1.69. The summed E-state index contributed by atoms with van der Waals surface area (Å²) in [5, 5.41) is 23.6. The summed E-state index contributed by atoms with van der Waals surface area (Å²) < 4.78 is 0. The van der Waals surface area contributed by atoms with Gasteiger partial charge in [0.1, 0.15) is 5.60 Å². The molecule has 6 nitrogen and oxygen atoms in total. The Morgan fingerprint density at radius 3 is 2.32 bits per heavy atom. The van der Waals surface area contributed by atoms with Crippen LogP contribution in [-0.2, 0) is 11.0 Å². The summed E-state index contributed by atoms with van der Waals surface area (Å²) in [6, 6.07) is 15.0. The molecular formula is C25H24N2O4. The number of anilines is 1. The monoisotopic (exact) mass is 416 g/mol. The minimum Gasteiger partial charge on any atom is -0.478 e. The van der Waals surface area contributed by atoms with Gasteiger partial charge >= 0.3 is 5.97 Å². The van der Waals surface area contributed by atoms with Crippen molar-refractivity contribution in [1.29, 1.82) is 0 Å². The van der Waals surface area contributed by atoms with Crippen LogP contribution in [0, 0.1) is 0 Å². The highest BCUT2D eigenvalue weighted by Gasteiger charge is 2.43. The molecule has 0 spiro atoms. The van der Waals surface area contributed by atoms with Gasteiger partial charge in [0.2, 0.25) is 0 Å². The van der Waals surface area contributed by atoms with E-state index in [1.54, 1.807) is 18.5 Å². The molecule has 0 bridgehead atoms. The van der Waals surface area contributed by atoms with Gasteiger partial charge in [0, 0.05) is 29.2 Å². The Bertz CT molecular complexity index is 1140. The lowest BCUT2D eigenvalue weighted by atomic mass is 9.65. The molecule has 1 unspecified atom stereocenters. The van der Waals surface area contributed by atoms with Gasteiger partial charge in [-0.3, -0.25) is 9.78 Å². The van der Waals surface area contributed by atoms with Crippen molar-refractivity contribution in [3.05, 3.63) is 94.8 Å². The Morgan fingerprint density at radius 1 is 0.968 bits per heavy atom. The Kier molecular flexibility index (Phi) is 5.11. The minimum absolute atomic E-state index is 0.112. The molecule has 1 aromatic heterocycles. The van der Waals surface area contributed by atoms with Crippen LogP contribution in [0.15, 0.2) is 67.0 Å². The van der Waals surface area contributed by atoms with E-state index in [1.165, 1.54) is 24.3 Å². The minimum atomic E-state index is -1.19. The first-order valence-electron chi connectivity index (χ1n) is 10.1. The number of rotatable bonds is 4. The first-order valence-corrected chi connectivity index (χ1v) is 10.1. The number of carboxylic acid groups (broad SMARTS) is 1. The summed E-state index contributed by atoms with van der Waals surface area (Å²) >= 11 is 0. The zero-order valence-corrected chi connectivity index (χ0v) is 17.4. The molecule has 1 amide bonds. The number of nitrogens with zero attached hydrogens (tertiary/aromatic N) is 1. The van der Waals surface area contributed by atoms with Crippen LogP contribution in [0.5, 0.6) is 0 Å². The predicted molar refractivity (Wildman–Crippen MR) is 117 cm³/mol. The summed E-state index contributed by atoms with van der Waals surface area (Å²) in [4.78, 5) is 27.9. The van der Waals surface area contributed by atoms with Crippen molar-refractivity contribution in [1.82, 2.24) is 4.98 Å². The molecule has 1 aliphatic carbocycles. The van der Waals surface area contributed by atoms with Crippen molar-refractivity contribution in [2.75, 3.05) is 5.32 Å². The molecule has 0 saturated carbocycles. The van der Waals surface area contributed by atoms with E-state index in [4.69, 9.17) is 5.11 Å². The molecule has 0 fully saturated rings. The number of aromatic carboxylic acids is 1. The van der Waals surface area contributed by atoms with Crippen molar-refractivity contribution in [3.63, 3.8) is 0 Å². The molecule has 31 heavy (non-hydrogen) atoms. The Labute approximate surface area is 180 Å². The van der Waals surface area contributed by atoms with Crippen LogP contribution < -0.4 is 5.32 Å². The first-order chi connectivity index (χ1) is 14.7. The van der Waals surface area contributed by atoms with E-state index < -0.39 is 11.6 Å². The van der Waals surface area contributed by atoms with E-state index in [0.717, 1.165) is 23.1 Å². The molecular weight excluding hydrogens is 392 g/mol. The highest BCUT2D eigenvalue weighted by atomic mass is 16.4. The van der Waals surface area contributed by atoms with Gasteiger partial charge in [-0.15, -0.1) is 0 Å². The standard InChI is InChI=1S/C25H24N2O4/c1-24(2)11-12-25(31,18-4-3-13-26-15-18)21-14-19(9-10-20(21)24)27-22(28)16-5-7-17(8-6-16)23(29)30/h3-10,13-15,31H,11-12H2,1-2H3,(H,27,28)(H,29,30). The van der Waals surface area contributed by atoms with E-state index in [-0.39, 0.29) is 16.9 Å². The molecule has 1 atom stereocenters. The second-order valence-electron chi connectivity index (χ2n) is 8.58. The number of carbonyl (C=O) groups is 2. The number of amides is 1. The molecule has 6 heteroatoms. The van der Waals surface area contributed by atoms with Crippen LogP contribution in [0.4, 0.5) is 5.69 Å². The van der Waals surface area contributed by atoms with Gasteiger partial charge in [-0.2, -0.15) is 0 Å². The summed E-state index contributed by atoms with van der Waals surface area (Å²) in [6.45, 7) is 4.30. The van der Waals surface area contributed by atoms with Gasteiger partial charge in [-0.05, 0) is 71.8 Å². The van der Waals surface area contributed by atoms with Gasteiger partial charge in [0.15, 0.2) is 0 Å². The molecule has 2 aromatic carbocycles. The van der Waals surface area contributed by atoms with Crippen molar-refractivity contribution in [2.24, 2.45) is 0 Å². The van der Waals surface area contributed by atoms with Crippen LogP contribution >= 0.6 is 0 Å². The number of benzene rings is 2. The lowest BCUT2D eigenvalue weighted by Crippen LogP contribution is -2.38. The Hall–Kier alpha value is -3.51. The maximum Gasteiger partial charge on any atom is 0.335 e. The quantitative estimate of drug-likeness (QED) is 0.588. The zero-order chi connectivity index (χ0) is 22.2. The molecule has 3 N–H and O–H groups in total. The molecule has 0 radical (unpaired) electrons. The fourth-order valence-corrected chi connectivity index (χ4v) is 4.19. The van der Waals surface area contributed by atoms with E-state index in [2.05, 4.69) is 24.1 Å². The summed E-state index contributed by atoms with van der Waals surface area (Å²) in [7, 11) is 0. The number of hydrogen-bond donors (Lipinski definition) is 3.